The highest BCUT2D eigenvalue weighted by Gasteiger charge is 2.27. The predicted octanol–water partition coefficient (Wildman–Crippen LogP) is 5.62. The van der Waals surface area contributed by atoms with Crippen LogP contribution in [0.25, 0.3) is 6.08 Å². The minimum atomic E-state index is -2.85. The van der Waals surface area contributed by atoms with Gasteiger partial charge in [0, 0.05) is 37.0 Å². The van der Waals surface area contributed by atoms with Gasteiger partial charge in [-0.3, -0.25) is 9.69 Å². The molecule has 0 unspecified atom stereocenters. The van der Waals surface area contributed by atoms with E-state index < -0.39 is 12.5 Å². The highest BCUT2D eigenvalue weighted by atomic mass is 32.1. The van der Waals surface area contributed by atoms with Crippen LogP contribution < -0.4 is 10.1 Å². The van der Waals surface area contributed by atoms with Gasteiger partial charge in [0.05, 0.1) is 5.69 Å². The Morgan fingerprint density at radius 1 is 1.26 bits per heavy atom. The second-order valence-corrected chi connectivity index (χ2v) is 11.0. The zero-order chi connectivity index (χ0) is 24.8. The van der Waals surface area contributed by atoms with Crippen LogP contribution in [-0.2, 0) is 17.8 Å². The van der Waals surface area contributed by atoms with Gasteiger partial charge in [-0.25, -0.2) is 13.8 Å². The highest BCUT2D eigenvalue weighted by molar-refractivity contribution is 7.13. The molecule has 1 aromatic heterocycles. The molecule has 1 aliphatic carbocycles. The number of aromatic nitrogens is 1. The van der Waals surface area contributed by atoms with Gasteiger partial charge in [0.2, 0.25) is 5.91 Å². The van der Waals surface area contributed by atoms with Gasteiger partial charge < -0.3 is 10.1 Å². The molecule has 0 atom stereocenters. The maximum atomic E-state index is 13.0. The number of hydrogen-bond donors (Lipinski definition) is 1. The molecular formula is C27H35F2N3O2S. The van der Waals surface area contributed by atoms with Crippen molar-refractivity contribution in [2.24, 2.45) is 5.92 Å². The molecule has 8 heteroatoms. The molecule has 2 aromatic rings. The number of nitrogens with one attached hydrogen (secondary N) is 1. The van der Waals surface area contributed by atoms with E-state index in [2.05, 4.69) is 15.2 Å². The quantitative estimate of drug-likeness (QED) is 0.451. The molecule has 1 fully saturated rings. The summed E-state index contributed by atoms with van der Waals surface area (Å²) in [6.45, 7) is 5.02. The van der Waals surface area contributed by atoms with Gasteiger partial charge in [-0.1, -0.05) is 41.2 Å². The topological polar surface area (TPSA) is 54.5 Å². The Labute approximate surface area is 210 Å². The number of benzene rings is 1. The van der Waals surface area contributed by atoms with E-state index >= 15 is 0 Å². The van der Waals surface area contributed by atoms with Crippen molar-refractivity contribution in [3.63, 3.8) is 0 Å². The zero-order valence-corrected chi connectivity index (χ0v) is 21.4. The van der Waals surface area contributed by atoms with Crippen LogP contribution in [0.4, 0.5) is 8.78 Å². The van der Waals surface area contributed by atoms with E-state index in [-0.39, 0.29) is 11.9 Å². The molecule has 1 N–H and O–H groups in total. The summed E-state index contributed by atoms with van der Waals surface area (Å²) in [6.07, 6.45) is 9.83. The van der Waals surface area contributed by atoms with Crippen molar-refractivity contribution < 1.29 is 18.3 Å². The minimum absolute atomic E-state index is 0.0209. The lowest BCUT2D eigenvalue weighted by Gasteiger charge is -2.31. The number of ether oxygens (including phenoxy) is 1. The van der Waals surface area contributed by atoms with Crippen molar-refractivity contribution in [3.05, 3.63) is 52.0 Å². The van der Waals surface area contributed by atoms with Gasteiger partial charge in [-0.15, -0.1) is 0 Å². The lowest BCUT2D eigenvalue weighted by atomic mass is 9.84. The Morgan fingerprint density at radius 2 is 2.00 bits per heavy atom. The summed E-state index contributed by atoms with van der Waals surface area (Å²) in [6, 6.07) is 8.37. The summed E-state index contributed by atoms with van der Waals surface area (Å²) in [5, 5.41) is 3.51. The Kier molecular flexibility index (Phi) is 8.55. The normalized spacial score (nSPS) is 21.1. The Balaban J connectivity index is 1.15. The Bertz CT molecular complexity index is 1010. The molecule has 190 valence electrons. The van der Waals surface area contributed by atoms with Crippen molar-refractivity contribution in [3.8, 4) is 5.19 Å². The Morgan fingerprint density at radius 3 is 2.71 bits per heavy atom. The first kappa shape index (κ1) is 25.8. The van der Waals surface area contributed by atoms with Crippen LogP contribution in [0.5, 0.6) is 5.19 Å². The van der Waals surface area contributed by atoms with Crippen LogP contribution in [0, 0.1) is 12.8 Å². The van der Waals surface area contributed by atoms with E-state index in [1.807, 2.05) is 37.3 Å². The number of nitrogens with zero attached hydrogens (tertiary/aromatic N) is 2. The number of halogens is 2. The highest BCUT2D eigenvalue weighted by Crippen LogP contribution is 2.32. The third kappa shape index (κ3) is 8.10. The van der Waals surface area contributed by atoms with E-state index in [1.54, 1.807) is 6.08 Å². The van der Waals surface area contributed by atoms with E-state index in [1.165, 1.54) is 16.9 Å². The SMILES string of the molecule is Cc1ccc(/C=C/C(=O)NC2CCC(CCN3CCc4sc(OCC(C)(F)F)nc4C3)CC2)cc1. The second kappa shape index (κ2) is 11.6. The number of carbonyl (C=O) groups is 1. The molecule has 1 aliphatic heterocycles. The summed E-state index contributed by atoms with van der Waals surface area (Å²) < 4.78 is 31.3. The molecule has 1 aromatic carbocycles. The average molecular weight is 504 g/mol. The van der Waals surface area contributed by atoms with Crippen LogP contribution in [0.1, 0.15) is 60.7 Å². The number of hydrogen-bond acceptors (Lipinski definition) is 5. The van der Waals surface area contributed by atoms with Crippen LogP contribution in [0.3, 0.4) is 0 Å². The van der Waals surface area contributed by atoms with Gasteiger partial charge in [0.15, 0.2) is 6.61 Å². The summed E-state index contributed by atoms with van der Waals surface area (Å²) in [5.41, 5.74) is 3.21. The first-order valence-electron chi connectivity index (χ1n) is 12.5. The number of rotatable bonds is 9. The number of aryl methyl sites for hydroxylation is 1. The number of alkyl halides is 2. The molecule has 1 saturated carbocycles. The van der Waals surface area contributed by atoms with Crippen molar-refractivity contribution in [1.29, 1.82) is 0 Å². The fourth-order valence-electron chi connectivity index (χ4n) is 4.73. The molecule has 5 nitrogen and oxygen atoms in total. The molecule has 35 heavy (non-hydrogen) atoms. The van der Waals surface area contributed by atoms with E-state index in [4.69, 9.17) is 4.74 Å². The van der Waals surface area contributed by atoms with Crippen LogP contribution in [0.15, 0.2) is 30.3 Å². The monoisotopic (exact) mass is 503 g/mol. The van der Waals surface area contributed by atoms with E-state index in [0.29, 0.717) is 11.1 Å². The molecule has 0 radical (unpaired) electrons. The van der Waals surface area contributed by atoms with Crippen LogP contribution >= 0.6 is 11.3 Å². The standard InChI is InChI=1S/C27H35F2N3O2S/c1-19-3-5-20(6-4-19)9-12-25(33)30-22-10-7-21(8-11-22)13-15-32-16-14-24-23(17-32)31-26(35-24)34-18-27(2,28)29/h3-6,9,12,21-22H,7-8,10-11,13-18H2,1-2H3,(H,30,33)/b12-9+. The Hall–Kier alpha value is -2.32. The summed E-state index contributed by atoms with van der Waals surface area (Å²) in [7, 11) is 0. The zero-order valence-electron chi connectivity index (χ0n) is 20.6. The van der Waals surface area contributed by atoms with Crippen LogP contribution in [0.2, 0.25) is 0 Å². The van der Waals surface area contributed by atoms with Crippen molar-refractivity contribution in [2.75, 3.05) is 19.7 Å². The lowest BCUT2D eigenvalue weighted by molar-refractivity contribution is -0.117. The molecule has 4 rings (SSSR count). The summed E-state index contributed by atoms with van der Waals surface area (Å²) >= 11 is 1.40. The first-order chi connectivity index (χ1) is 16.7. The van der Waals surface area contributed by atoms with Crippen molar-refractivity contribution in [2.45, 2.75) is 70.9 Å². The fourth-order valence-corrected chi connectivity index (χ4v) is 5.64. The van der Waals surface area contributed by atoms with Gasteiger partial charge >= 0.3 is 0 Å². The van der Waals surface area contributed by atoms with Gasteiger partial charge in [0.25, 0.3) is 11.1 Å². The van der Waals surface area contributed by atoms with E-state index in [9.17, 15) is 13.6 Å². The number of carbonyl (C=O) groups excluding carboxylic acids is 1. The predicted molar refractivity (Wildman–Crippen MR) is 136 cm³/mol. The number of amides is 1. The number of thiazole rings is 1. The maximum Gasteiger partial charge on any atom is 0.278 e. The number of fused-ring (bicyclic) bond motifs is 1. The fraction of sp³-hybridized carbons (Fsp3) is 0.556. The maximum absolute atomic E-state index is 13.0. The smallest absolute Gasteiger partial charge is 0.278 e. The molecule has 2 aliphatic rings. The van der Waals surface area contributed by atoms with Crippen molar-refractivity contribution in [1.82, 2.24) is 15.2 Å². The molecule has 1 amide bonds. The van der Waals surface area contributed by atoms with Gasteiger partial charge in [-0.2, -0.15) is 0 Å². The van der Waals surface area contributed by atoms with Gasteiger partial charge in [-0.05, 0) is 69.6 Å². The summed E-state index contributed by atoms with van der Waals surface area (Å²) in [5.74, 6) is -2.20. The summed E-state index contributed by atoms with van der Waals surface area (Å²) in [4.78, 5) is 20.3. The first-order valence-corrected chi connectivity index (χ1v) is 13.3. The van der Waals surface area contributed by atoms with Gasteiger partial charge in [0.1, 0.15) is 0 Å². The van der Waals surface area contributed by atoms with Crippen LogP contribution in [-0.4, -0.2) is 47.5 Å². The second-order valence-electron chi connectivity index (χ2n) is 9.99. The van der Waals surface area contributed by atoms with E-state index in [0.717, 1.165) is 81.2 Å². The van der Waals surface area contributed by atoms with Crippen molar-refractivity contribution >= 4 is 23.3 Å². The largest absolute Gasteiger partial charge is 0.464 e. The third-order valence-corrected chi connectivity index (χ3v) is 7.86. The molecule has 2 heterocycles. The molecular weight excluding hydrogens is 468 g/mol. The molecule has 0 bridgehead atoms. The average Bonchev–Trinajstić information content (AvgIpc) is 3.24. The molecule has 0 spiro atoms. The molecule has 0 saturated heterocycles. The third-order valence-electron chi connectivity index (χ3n) is 6.79. The lowest BCUT2D eigenvalue weighted by Crippen LogP contribution is -2.37. The minimum Gasteiger partial charge on any atom is -0.464 e.